The van der Waals surface area contributed by atoms with Crippen molar-refractivity contribution >= 4 is 31.6 Å². The number of hydrogen-bond acceptors (Lipinski definition) is 3. The van der Waals surface area contributed by atoms with Crippen LogP contribution in [-0.2, 0) is 23.0 Å². The molecule has 0 aliphatic rings. The Morgan fingerprint density at radius 1 is 1.00 bits per heavy atom. The van der Waals surface area contributed by atoms with Gasteiger partial charge in [0.1, 0.15) is 0 Å². The average molecular weight is 476 g/mol. The number of rotatable bonds is 8. The maximum atomic E-state index is 12.9. The Morgan fingerprint density at radius 3 is 2.24 bits per heavy atom. The van der Waals surface area contributed by atoms with Gasteiger partial charge in [-0.25, -0.2) is 8.42 Å². The number of nitrogens with zero attached hydrogens (tertiary/aromatic N) is 2. The summed E-state index contributed by atoms with van der Waals surface area (Å²) in [5.41, 5.74) is 4.23. The molecule has 29 heavy (non-hydrogen) atoms. The average Bonchev–Trinajstić information content (AvgIpc) is 2.95. The van der Waals surface area contributed by atoms with Gasteiger partial charge in [-0.1, -0.05) is 53.5 Å². The summed E-state index contributed by atoms with van der Waals surface area (Å²) in [6.07, 6.45) is 3.18. The number of anilines is 1. The van der Waals surface area contributed by atoms with E-state index in [0.29, 0.717) is 17.9 Å². The zero-order valence-electron chi connectivity index (χ0n) is 16.9. The van der Waals surface area contributed by atoms with Gasteiger partial charge in [-0.2, -0.15) is 5.10 Å². The highest BCUT2D eigenvalue weighted by atomic mass is 79.9. The molecule has 1 N–H and O–H groups in total. The van der Waals surface area contributed by atoms with Crippen LogP contribution in [-0.4, -0.2) is 18.2 Å². The molecule has 7 heteroatoms. The van der Waals surface area contributed by atoms with Crippen LogP contribution in [0.2, 0.25) is 0 Å². The molecule has 0 amide bonds. The predicted octanol–water partition coefficient (Wildman–Crippen LogP) is 5.45. The van der Waals surface area contributed by atoms with Gasteiger partial charge in [0.25, 0.3) is 10.0 Å². The van der Waals surface area contributed by atoms with Crippen molar-refractivity contribution in [3.05, 3.63) is 75.5 Å². The summed E-state index contributed by atoms with van der Waals surface area (Å²) in [6.45, 7) is 6.42. The molecular formula is C22H26BrN3O2S. The molecule has 0 bridgehead atoms. The molecule has 0 fully saturated rings. The maximum absolute atomic E-state index is 12.9. The minimum Gasteiger partial charge on any atom is -0.276 e. The molecule has 0 radical (unpaired) electrons. The fourth-order valence-electron chi connectivity index (χ4n) is 3.17. The van der Waals surface area contributed by atoms with Crippen molar-refractivity contribution in [1.82, 2.24) is 9.78 Å². The van der Waals surface area contributed by atoms with E-state index < -0.39 is 10.0 Å². The van der Waals surface area contributed by atoms with Gasteiger partial charge in [-0.3, -0.25) is 9.40 Å². The zero-order chi connectivity index (χ0) is 21.0. The summed E-state index contributed by atoms with van der Waals surface area (Å²) in [5, 5.41) is 4.53. The molecule has 0 aliphatic carbocycles. The predicted molar refractivity (Wildman–Crippen MR) is 121 cm³/mol. The second-order valence-electron chi connectivity index (χ2n) is 7.18. The molecule has 3 rings (SSSR count). The van der Waals surface area contributed by atoms with E-state index in [-0.39, 0.29) is 4.90 Å². The van der Waals surface area contributed by atoms with Gasteiger partial charge in [-0.15, -0.1) is 0 Å². The monoisotopic (exact) mass is 475 g/mol. The molecule has 1 aromatic heterocycles. The summed E-state index contributed by atoms with van der Waals surface area (Å²) < 4.78 is 31.3. The number of nitrogens with one attached hydrogen (secondary N) is 1. The van der Waals surface area contributed by atoms with E-state index in [1.54, 1.807) is 12.1 Å². The number of unbranched alkanes of at least 4 members (excludes halogenated alkanes) is 1. The summed E-state index contributed by atoms with van der Waals surface area (Å²) in [4.78, 5) is 0.261. The van der Waals surface area contributed by atoms with Gasteiger partial charge in [-0.05, 0) is 62.1 Å². The molecule has 0 saturated heterocycles. The Morgan fingerprint density at radius 2 is 1.62 bits per heavy atom. The third-order valence-electron chi connectivity index (χ3n) is 4.92. The number of halogens is 1. The lowest BCUT2D eigenvalue weighted by Crippen LogP contribution is -2.14. The molecule has 0 unspecified atom stereocenters. The van der Waals surface area contributed by atoms with Crippen LogP contribution in [0.5, 0.6) is 0 Å². The van der Waals surface area contributed by atoms with Crippen molar-refractivity contribution in [2.45, 2.75) is 51.5 Å². The fourth-order valence-corrected chi connectivity index (χ4v) is 4.61. The van der Waals surface area contributed by atoms with Crippen LogP contribution in [0.3, 0.4) is 0 Å². The van der Waals surface area contributed by atoms with Crippen molar-refractivity contribution in [3.8, 4) is 0 Å². The molecule has 0 atom stereocenters. The first-order valence-corrected chi connectivity index (χ1v) is 12.0. The molecule has 3 aromatic rings. The van der Waals surface area contributed by atoms with E-state index in [1.165, 1.54) is 0 Å². The standard InChI is InChI=1S/C22H26BrN3O2S/c1-4-5-6-18-9-13-21(14-10-18)29(27,28)25-22-16(2)24-26(17(22)3)15-19-7-11-20(23)12-8-19/h7-14,25H,4-6,15H2,1-3H3. The van der Waals surface area contributed by atoms with Gasteiger partial charge in [0.15, 0.2) is 0 Å². The minimum absolute atomic E-state index is 0.261. The summed E-state index contributed by atoms with van der Waals surface area (Å²) >= 11 is 3.43. The van der Waals surface area contributed by atoms with Crippen molar-refractivity contribution in [2.24, 2.45) is 0 Å². The number of aromatic nitrogens is 2. The number of sulfonamides is 1. The van der Waals surface area contributed by atoms with Gasteiger partial charge >= 0.3 is 0 Å². The van der Waals surface area contributed by atoms with Crippen LogP contribution in [0.15, 0.2) is 57.9 Å². The Kier molecular flexibility index (Phi) is 6.80. The Bertz CT molecular complexity index is 1070. The van der Waals surface area contributed by atoms with E-state index in [1.807, 2.05) is 54.9 Å². The SMILES string of the molecule is CCCCc1ccc(S(=O)(=O)Nc2c(C)nn(Cc3ccc(Br)cc3)c2C)cc1. The van der Waals surface area contributed by atoms with E-state index in [9.17, 15) is 8.42 Å². The largest absolute Gasteiger partial charge is 0.276 e. The van der Waals surface area contributed by atoms with E-state index >= 15 is 0 Å². The quantitative estimate of drug-likeness (QED) is 0.470. The topological polar surface area (TPSA) is 64.0 Å². The Hall–Kier alpha value is -2.12. The number of benzene rings is 2. The van der Waals surface area contributed by atoms with Crippen LogP contribution in [0.25, 0.3) is 0 Å². The Labute approximate surface area is 181 Å². The number of aryl methyl sites for hydroxylation is 2. The van der Waals surface area contributed by atoms with Crippen LogP contribution < -0.4 is 4.72 Å². The van der Waals surface area contributed by atoms with Crippen LogP contribution in [0.4, 0.5) is 5.69 Å². The molecule has 2 aromatic carbocycles. The summed E-state index contributed by atoms with van der Waals surface area (Å²) in [7, 11) is -3.67. The minimum atomic E-state index is -3.67. The normalized spacial score (nSPS) is 11.6. The first-order valence-electron chi connectivity index (χ1n) is 9.70. The molecule has 154 valence electrons. The van der Waals surface area contributed by atoms with Gasteiger partial charge in [0, 0.05) is 4.47 Å². The Balaban J connectivity index is 1.80. The smallest absolute Gasteiger partial charge is 0.262 e. The van der Waals surface area contributed by atoms with Crippen LogP contribution in [0, 0.1) is 13.8 Å². The molecule has 5 nitrogen and oxygen atoms in total. The first kappa shape index (κ1) is 21.6. The third-order valence-corrected chi connectivity index (χ3v) is 6.81. The lowest BCUT2D eigenvalue weighted by molar-refractivity contribution is 0.601. The van der Waals surface area contributed by atoms with Gasteiger partial charge in [0.2, 0.25) is 0 Å². The van der Waals surface area contributed by atoms with E-state index in [4.69, 9.17) is 0 Å². The molecule has 0 aliphatic heterocycles. The van der Waals surface area contributed by atoms with Crippen LogP contribution in [0.1, 0.15) is 42.3 Å². The first-order chi connectivity index (χ1) is 13.8. The maximum Gasteiger partial charge on any atom is 0.262 e. The molecule has 1 heterocycles. The highest BCUT2D eigenvalue weighted by Crippen LogP contribution is 2.24. The second-order valence-corrected chi connectivity index (χ2v) is 9.78. The van der Waals surface area contributed by atoms with E-state index in [0.717, 1.165) is 40.6 Å². The van der Waals surface area contributed by atoms with Crippen molar-refractivity contribution in [2.75, 3.05) is 4.72 Å². The van der Waals surface area contributed by atoms with Crippen molar-refractivity contribution in [3.63, 3.8) is 0 Å². The van der Waals surface area contributed by atoms with Crippen LogP contribution >= 0.6 is 15.9 Å². The fraction of sp³-hybridized carbons (Fsp3) is 0.318. The second kappa shape index (κ2) is 9.13. The third kappa shape index (κ3) is 5.28. The summed E-state index contributed by atoms with van der Waals surface area (Å²) in [5.74, 6) is 0. The highest BCUT2D eigenvalue weighted by molar-refractivity contribution is 9.10. The molecule has 0 saturated carbocycles. The lowest BCUT2D eigenvalue weighted by Gasteiger charge is -2.10. The summed E-state index contributed by atoms with van der Waals surface area (Å²) in [6, 6.07) is 15.1. The van der Waals surface area contributed by atoms with Gasteiger partial charge < -0.3 is 0 Å². The highest BCUT2D eigenvalue weighted by Gasteiger charge is 2.20. The van der Waals surface area contributed by atoms with Crippen molar-refractivity contribution in [1.29, 1.82) is 0 Å². The van der Waals surface area contributed by atoms with E-state index in [2.05, 4.69) is 32.7 Å². The molecular weight excluding hydrogens is 450 g/mol. The number of hydrogen-bond donors (Lipinski definition) is 1. The van der Waals surface area contributed by atoms with Gasteiger partial charge in [0.05, 0.1) is 28.5 Å². The lowest BCUT2D eigenvalue weighted by atomic mass is 10.1. The van der Waals surface area contributed by atoms with Crippen molar-refractivity contribution < 1.29 is 8.42 Å². The molecule has 0 spiro atoms. The zero-order valence-corrected chi connectivity index (χ0v) is 19.3.